The number of thiocarbonyl (C=S) groups is 1. The summed E-state index contributed by atoms with van der Waals surface area (Å²) >= 11 is 5.33. The molecule has 0 atom stereocenters. The Morgan fingerprint density at radius 3 is 2.35 bits per heavy atom. The Bertz CT molecular complexity index is 798. The summed E-state index contributed by atoms with van der Waals surface area (Å²) in [5.74, 6) is -0.397. The first-order valence-electron chi connectivity index (χ1n) is 8.31. The number of hydrogen-bond donors (Lipinski definition) is 2. The molecule has 2 aromatic carbocycles. The van der Waals surface area contributed by atoms with Crippen molar-refractivity contribution in [1.29, 1.82) is 0 Å². The molecule has 1 aliphatic rings. The molecule has 1 fully saturated rings. The van der Waals surface area contributed by atoms with Crippen molar-refractivity contribution in [3.8, 4) is 0 Å². The van der Waals surface area contributed by atoms with E-state index < -0.39 is 23.1 Å². The molecule has 3 rings (SSSR count). The molecule has 7 heteroatoms. The Morgan fingerprint density at radius 1 is 1.00 bits per heavy atom. The lowest BCUT2D eigenvalue weighted by Gasteiger charge is -2.33. The molecule has 2 aromatic rings. The van der Waals surface area contributed by atoms with Crippen LogP contribution in [0.25, 0.3) is 0 Å². The fraction of sp³-hybridized carbons (Fsp3) is 0.316. The molecule has 0 saturated heterocycles. The van der Waals surface area contributed by atoms with Crippen molar-refractivity contribution in [3.05, 3.63) is 65.5 Å². The van der Waals surface area contributed by atoms with Crippen molar-refractivity contribution < 1.29 is 17.6 Å². The van der Waals surface area contributed by atoms with Crippen LogP contribution in [0.15, 0.2) is 48.5 Å². The van der Waals surface area contributed by atoms with E-state index in [1.54, 1.807) is 18.2 Å². The Balaban J connectivity index is 1.83. The van der Waals surface area contributed by atoms with Gasteiger partial charge in [-0.3, -0.25) is 0 Å². The van der Waals surface area contributed by atoms with E-state index in [1.807, 2.05) is 0 Å². The van der Waals surface area contributed by atoms with E-state index in [1.165, 1.54) is 24.3 Å². The molecule has 0 bridgehead atoms. The minimum Gasteiger partial charge on any atom is -0.353 e. The third-order valence-corrected chi connectivity index (χ3v) is 4.84. The highest BCUT2D eigenvalue weighted by Gasteiger charge is 2.38. The van der Waals surface area contributed by atoms with Crippen LogP contribution in [0.1, 0.15) is 36.8 Å². The topological polar surface area (TPSA) is 24.1 Å². The maximum atomic E-state index is 13.3. The second-order valence-corrected chi connectivity index (χ2v) is 6.87. The standard InChI is InChI=1S/C19H18F4N2S/c20-15-7-4-8-16(12-15)24-17(26)25-18(9-1-2-10-18)13-5-3-6-14(11-13)19(21,22)23/h3-8,11-12H,1-2,9-10H2,(H2,24,25,26). The third-order valence-electron chi connectivity index (χ3n) is 4.63. The van der Waals surface area contributed by atoms with Gasteiger partial charge in [0, 0.05) is 5.69 Å². The summed E-state index contributed by atoms with van der Waals surface area (Å²) in [6.45, 7) is 0. The number of rotatable bonds is 3. The molecule has 2 N–H and O–H groups in total. The normalized spacial score (nSPS) is 16.3. The average molecular weight is 382 g/mol. The first kappa shape index (κ1) is 18.6. The van der Waals surface area contributed by atoms with Gasteiger partial charge in [-0.05, 0) is 61.0 Å². The van der Waals surface area contributed by atoms with Gasteiger partial charge >= 0.3 is 6.18 Å². The Hall–Kier alpha value is -2.15. The molecule has 0 spiro atoms. The maximum absolute atomic E-state index is 13.3. The van der Waals surface area contributed by atoms with Crippen molar-refractivity contribution in [2.75, 3.05) is 5.32 Å². The Morgan fingerprint density at radius 2 is 1.69 bits per heavy atom. The summed E-state index contributed by atoms with van der Waals surface area (Å²) in [4.78, 5) is 0. The lowest BCUT2D eigenvalue weighted by molar-refractivity contribution is -0.137. The zero-order chi connectivity index (χ0) is 18.8. The summed E-state index contributed by atoms with van der Waals surface area (Å²) in [6.07, 6.45) is -1.24. The molecule has 1 saturated carbocycles. The van der Waals surface area contributed by atoms with Crippen molar-refractivity contribution in [3.63, 3.8) is 0 Å². The van der Waals surface area contributed by atoms with Crippen LogP contribution in [-0.2, 0) is 11.7 Å². The van der Waals surface area contributed by atoms with Crippen LogP contribution in [0.4, 0.5) is 23.2 Å². The van der Waals surface area contributed by atoms with Gasteiger partial charge in [-0.2, -0.15) is 13.2 Å². The molecule has 0 radical (unpaired) electrons. The quantitative estimate of drug-likeness (QED) is 0.534. The van der Waals surface area contributed by atoms with Gasteiger partial charge in [-0.15, -0.1) is 0 Å². The summed E-state index contributed by atoms with van der Waals surface area (Å²) in [6, 6.07) is 11.2. The van der Waals surface area contributed by atoms with Crippen LogP contribution in [0.5, 0.6) is 0 Å². The molecule has 138 valence electrons. The van der Waals surface area contributed by atoms with E-state index in [0.29, 0.717) is 24.1 Å². The average Bonchev–Trinajstić information content (AvgIpc) is 3.04. The van der Waals surface area contributed by atoms with Crippen molar-refractivity contribution in [2.24, 2.45) is 0 Å². The van der Waals surface area contributed by atoms with E-state index in [-0.39, 0.29) is 5.11 Å². The summed E-state index contributed by atoms with van der Waals surface area (Å²) < 4.78 is 52.5. The lowest BCUT2D eigenvalue weighted by Crippen LogP contribution is -2.45. The highest BCUT2D eigenvalue weighted by atomic mass is 32.1. The minimum atomic E-state index is -4.39. The maximum Gasteiger partial charge on any atom is 0.416 e. The van der Waals surface area contributed by atoms with Gasteiger partial charge in [0.1, 0.15) is 5.82 Å². The summed E-state index contributed by atoms with van der Waals surface area (Å²) in [7, 11) is 0. The fourth-order valence-electron chi connectivity index (χ4n) is 3.40. The Kier molecular flexibility index (Phi) is 5.18. The van der Waals surface area contributed by atoms with E-state index in [9.17, 15) is 17.6 Å². The molecule has 26 heavy (non-hydrogen) atoms. The molecular formula is C19H18F4N2S. The van der Waals surface area contributed by atoms with E-state index in [4.69, 9.17) is 12.2 Å². The molecule has 0 aliphatic heterocycles. The zero-order valence-electron chi connectivity index (χ0n) is 13.9. The van der Waals surface area contributed by atoms with E-state index in [0.717, 1.165) is 18.9 Å². The second kappa shape index (κ2) is 7.23. The summed E-state index contributed by atoms with van der Waals surface area (Å²) in [5.41, 5.74) is -0.279. The second-order valence-electron chi connectivity index (χ2n) is 6.46. The van der Waals surface area contributed by atoms with Crippen LogP contribution in [0, 0.1) is 5.82 Å². The largest absolute Gasteiger partial charge is 0.416 e. The fourth-order valence-corrected chi connectivity index (χ4v) is 3.72. The minimum absolute atomic E-state index is 0.259. The monoisotopic (exact) mass is 382 g/mol. The Labute approximate surface area is 154 Å². The predicted molar refractivity (Wildman–Crippen MR) is 97.3 cm³/mol. The van der Waals surface area contributed by atoms with Gasteiger partial charge < -0.3 is 10.6 Å². The number of hydrogen-bond acceptors (Lipinski definition) is 1. The smallest absolute Gasteiger partial charge is 0.353 e. The zero-order valence-corrected chi connectivity index (χ0v) is 14.7. The van der Waals surface area contributed by atoms with Crippen LogP contribution < -0.4 is 10.6 Å². The first-order valence-corrected chi connectivity index (χ1v) is 8.72. The van der Waals surface area contributed by atoms with Crippen LogP contribution in [0.2, 0.25) is 0 Å². The lowest BCUT2D eigenvalue weighted by atomic mass is 9.87. The molecule has 0 amide bonds. The number of benzene rings is 2. The number of anilines is 1. The van der Waals surface area contributed by atoms with E-state index in [2.05, 4.69) is 10.6 Å². The highest BCUT2D eigenvalue weighted by Crippen LogP contribution is 2.40. The molecular weight excluding hydrogens is 364 g/mol. The van der Waals surface area contributed by atoms with Gasteiger partial charge in [0.05, 0.1) is 11.1 Å². The van der Waals surface area contributed by atoms with Gasteiger partial charge in [0.2, 0.25) is 0 Å². The molecule has 1 aliphatic carbocycles. The summed E-state index contributed by atoms with van der Waals surface area (Å²) in [5, 5.41) is 6.35. The number of alkyl halides is 3. The van der Waals surface area contributed by atoms with Gasteiger partial charge in [0.25, 0.3) is 0 Å². The molecule has 0 unspecified atom stereocenters. The van der Waals surface area contributed by atoms with Crippen molar-refractivity contribution in [1.82, 2.24) is 5.32 Å². The van der Waals surface area contributed by atoms with Crippen LogP contribution in [-0.4, -0.2) is 5.11 Å². The van der Waals surface area contributed by atoms with E-state index >= 15 is 0 Å². The molecule has 0 aromatic heterocycles. The predicted octanol–water partition coefficient (Wildman–Crippen LogP) is 5.60. The SMILES string of the molecule is Fc1cccc(NC(=S)NC2(c3cccc(C(F)(F)F)c3)CCCC2)c1. The first-order chi connectivity index (χ1) is 12.3. The van der Waals surface area contributed by atoms with Crippen LogP contribution in [0.3, 0.4) is 0 Å². The van der Waals surface area contributed by atoms with Crippen molar-refractivity contribution in [2.45, 2.75) is 37.4 Å². The third kappa shape index (κ3) is 4.15. The number of nitrogens with one attached hydrogen (secondary N) is 2. The van der Waals surface area contributed by atoms with Crippen molar-refractivity contribution >= 4 is 23.0 Å². The van der Waals surface area contributed by atoms with Gasteiger partial charge in [-0.1, -0.05) is 31.0 Å². The number of halogens is 4. The highest BCUT2D eigenvalue weighted by molar-refractivity contribution is 7.80. The molecule has 0 heterocycles. The van der Waals surface area contributed by atoms with Gasteiger partial charge in [0.15, 0.2) is 5.11 Å². The van der Waals surface area contributed by atoms with Gasteiger partial charge in [-0.25, -0.2) is 4.39 Å². The molecule has 2 nitrogen and oxygen atoms in total. The van der Waals surface area contributed by atoms with Crippen LogP contribution >= 0.6 is 12.2 Å².